The minimum Gasteiger partial charge on any atom is -0.481 e. The van der Waals surface area contributed by atoms with E-state index < -0.39 is 11.9 Å². The lowest BCUT2D eigenvalue weighted by atomic mass is 9.85. The number of carboxylic acid groups (broad SMARTS) is 1. The molecule has 1 saturated heterocycles. The van der Waals surface area contributed by atoms with Crippen LogP contribution < -0.4 is 4.90 Å². The summed E-state index contributed by atoms with van der Waals surface area (Å²) in [7, 11) is 0. The summed E-state index contributed by atoms with van der Waals surface area (Å²) in [6, 6.07) is 0. The summed E-state index contributed by atoms with van der Waals surface area (Å²) in [5, 5.41) is 13.2. The second-order valence-corrected chi connectivity index (χ2v) is 5.46. The van der Waals surface area contributed by atoms with E-state index >= 15 is 0 Å². The van der Waals surface area contributed by atoms with Crippen LogP contribution in [0.1, 0.15) is 25.7 Å². The maximum atomic E-state index is 11.8. The molecule has 1 aliphatic heterocycles. The molecular formula is C13H17N3O3. The summed E-state index contributed by atoms with van der Waals surface area (Å²) >= 11 is 0. The fourth-order valence-corrected chi connectivity index (χ4v) is 2.65. The van der Waals surface area contributed by atoms with Crippen molar-refractivity contribution in [1.82, 2.24) is 9.78 Å². The Labute approximate surface area is 111 Å². The zero-order chi connectivity index (χ0) is 13.4. The summed E-state index contributed by atoms with van der Waals surface area (Å²) in [6.45, 7) is 1.15. The van der Waals surface area contributed by atoms with Gasteiger partial charge < -0.3 is 10.0 Å². The smallest absolute Gasteiger partial charge is 0.308 e. The van der Waals surface area contributed by atoms with Gasteiger partial charge in [0.2, 0.25) is 5.91 Å². The summed E-state index contributed by atoms with van der Waals surface area (Å²) in [4.78, 5) is 24.3. The number of aliphatic carboxylic acids is 1. The molecule has 0 aromatic carbocycles. The van der Waals surface area contributed by atoms with Gasteiger partial charge in [0.25, 0.3) is 0 Å². The standard InChI is InChI=1S/C13H17N3O3/c17-12-4-10(13(18)19)7-16(12)11-5-14-15(8-11)6-9-2-1-3-9/h5,8-10H,1-4,6-7H2,(H,18,19). The van der Waals surface area contributed by atoms with Crippen molar-refractivity contribution in [2.45, 2.75) is 32.2 Å². The van der Waals surface area contributed by atoms with Gasteiger partial charge in [-0.15, -0.1) is 0 Å². The molecule has 1 atom stereocenters. The molecule has 1 amide bonds. The van der Waals surface area contributed by atoms with Crippen LogP contribution in [0.5, 0.6) is 0 Å². The number of hydrogen-bond donors (Lipinski definition) is 1. The first kappa shape index (κ1) is 12.2. The highest BCUT2D eigenvalue weighted by molar-refractivity contribution is 5.98. The van der Waals surface area contributed by atoms with Gasteiger partial charge in [0.05, 0.1) is 17.8 Å². The van der Waals surface area contributed by atoms with Gasteiger partial charge in [-0.25, -0.2) is 0 Å². The third-order valence-electron chi connectivity index (χ3n) is 4.08. The Balaban J connectivity index is 1.68. The van der Waals surface area contributed by atoms with E-state index in [4.69, 9.17) is 5.11 Å². The Hall–Kier alpha value is -1.85. The van der Waals surface area contributed by atoms with Crippen molar-refractivity contribution in [1.29, 1.82) is 0 Å². The maximum absolute atomic E-state index is 11.8. The number of rotatable bonds is 4. The molecule has 102 valence electrons. The van der Waals surface area contributed by atoms with Gasteiger partial charge in [-0.05, 0) is 18.8 Å². The van der Waals surface area contributed by atoms with Crippen LogP contribution in [-0.4, -0.2) is 33.3 Å². The van der Waals surface area contributed by atoms with Crippen molar-refractivity contribution in [3.8, 4) is 0 Å². The Bertz CT molecular complexity index is 507. The molecule has 6 heteroatoms. The van der Waals surface area contributed by atoms with Gasteiger partial charge in [0.15, 0.2) is 0 Å². The molecule has 2 aliphatic rings. The monoisotopic (exact) mass is 263 g/mol. The number of nitrogens with zero attached hydrogens (tertiary/aromatic N) is 3. The first-order chi connectivity index (χ1) is 9.13. The first-order valence-electron chi connectivity index (χ1n) is 6.69. The van der Waals surface area contributed by atoms with Gasteiger partial charge in [-0.3, -0.25) is 14.3 Å². The lowest BCUT2D eigenvalue weighted by molar-refractivity contribution is -0.141. The molecule has 0 radical (unpaired) electrons. The molecule has 0 bridgehead atoms. The minimum atomic E-state index is -0.905. The summed E-state index contributed by atoms with van der Waals surface area (Å²) in [5.41, 5.74) is 0.716. The SMILES string of the molecule is O=C(O)C1CC(=O)N(c2cnn(CC3CCC3)c2)C1. The average molecular weight is 263 g/mol. The molecule has 0 spiro atoms. The lowest BCUT2D eigenvalue weighted by Gasteiger charge is -2.24. The number of carboxylic acids is 1. The zero-order valence-electron chi connectivity index (χ0n) is 10.7. The topological polar surface area (TPSA) is 75.4 Å². The molecular weight excluding hydrogens is 246 g/mol. The molecule has 6 nitrogen and oxygen atoms in total. The molecule has 1 unspecified atom stereocenters. The van der Waals surface area contributed by atoms with Gasteiger partial charge >= 0.3 is 5.97 Å². The van der Waals surface area contributed by atoms with Crippen molar-refractivity contribution < 1.29 is 14.7 Å². The quantitative estimate of drug-likeness (QED) is 0.883. The summed E-state index contributed by atoms with van der Waals surface area (Å²) in [5.74, 6) is -0.926. The highest BCUT2D eigenvalue weighted by atomic mass is 16.4. The van der Waals surface area contributed by atoms with E-state index in [9.17, 15) is 9.59 Å². The molecule has 2 fully saturated rings. The van der Waals surface area contributed by atoms with E-state index in [1.54, 1.807) is 6.20 Å². The number of carbonyl (C=O) groups is 2. The fraction of sp³-hybridized carbons (Fsp3) is 0.615. The highest BCUT2D eigenvalue weighted by Gasteiger charge is 2.35. The third kappa shape index (κ3) is 2.34. The van der Waals surface area contributed by atoms with Gasteiger partial charge in [0, 0.05) is 25.7 Å². The van der Waals surface area contributed by atoms with E-state index in [0.717, 1.165) is 6.54 Å². The molecule has 1 aromatic rings. The normalized spacial score (nSPS) is 23.7. The van der Waals surface area contributed by atoms with Gasteiger partial charge in [0.1, 0.15) is 0 Å². The van der Waals surface area contributed by atoms with E-state index in [1.807, 2.05) is 10.9 Å². The largest absolute Gasteiger partial charge is 0.481 e. The Morgan fingerprint density at radius 3 is 2.84 bits per heavy atom. The molecule has 2 heterocycles. The van der Waals surface area contributed by atoms with Gasteiger partial charge in [-0.1, -0.05) is 6.42 Å². The second-order valence-electron chi connectivity index (χ2n) is 5.46. The van der Waals surface area contributed by atoms with Crippen molar-refractivity contribution in [2.24, 2.45) is 11.8 Å². The second kappa shape index (κ2) is 4.68. The van der Waals surface area contributed by atoms with E-state index in [2.05, 4.69) is 5.10 Å². The number of aromatic nitrogens is 2. The number of carbonyl (C=O) groups excluding carboxylic acids is 1. The van der Waals surface area contributed by atoms with Crippen molar-refractivity contribution in [3.05, 3.63) is 12.4 Å². The van der Waals surface area contributed by atoms with Crippen molar-refractivity contribution in [2.75, 3.05) is 11.4 Å². The molecule has 1 N–H and O–H groups in total. The minimum absolute atomic E-state index is 0.0864. The molecule has 1 saturated carbocycles. The van der Waals surface area contributed by atoms with Crippen LogP contribution in [0, 0.1) is 11.8 Å². The van der Waals surface area contributed by atoms with Crippen LogP contribution in [0.4, 0.5) is 5.69 Å². The van der Waals surface area contributed by atoms with Crippen LogP contribution in [0.15, 0.2) is 12.4 Å². The number of anilines is 1. The maximum Gasteiger partial charge on any atom is 0.308 e. The number of hydrogen-bond acceptors (Lipinski definition) is 3. The van der Waals surface area contributed by atoms with E-state index in [1.165, 1.54) is 24.2 Å². The average Bonchev–Trinajstić information content (AvgIpc) is 2.89. The number of amides is 1. The van der Waals surface area contributed by atoms with Crippen LogP contribution in [0.2, 0.25) is 0 Å². The van der Waals surface area contributed by atoms with Crippen molar-refractivity contribution >= 4 is 17.6 Å². The van der Waals surface area contributed by atoms with Gasteiger partial charge in [-0.2, -0.15) is 5.10 Å². The van der Waals surface area contributed by atoms with E-state index in [0.29, 0.717) is 11.6 Å². The Kier molecular flexibility index (Phi) is 3.00. The Morgan fingerprint density at radius 1 is 1.47 bits per heavy atom. The first-order valence-corrected chi connectivity index (χ1v) is 6.69. The summed E-state index contributed by atoms with van der Waals surface area (Å²) < 4.78 is 1.86. The van der Waals surface area contributed by atoms with E-state index in [-0.39, 0.29) is 18.9 Å². The zero-order valence-corrected chi connectivity index (χ0v) is 10.7. The fourth-order valence-electron chi connectivity index (χ4n) is 2.65. The molecule has 1 aliphatic carbocycles. The third-order valence-corrected chi connectivity index (χ3v) is 4.08. The molecule has 1 aromatic heterocycles. The Morgan fingerprint density at radius 2 is 2.26 bits per heavy atom. The lowest BCUT2D eigenvalue weighted by Crippen LogP contribution is -2.25. The predicted molar refractivity (Wildman–Crippen MR) is 67.7 cm³/mol. The van der Waals surface area contributed by atoms with Crippen LogP contribution in [0.25, 0.3) is 0 Å². The molecule has 19 heavy (non-hydrogen) atoms. The van der Waals surface area contributed by atoms with Crippen molar-refractivity contribution in [3.63, 3.8) is 0 Å². The van der Waals surface area contributed by atoms with Crippen LogP contribution in [0.3, 0.4) is 0 Å². The van der Waals surface area contributed by atoms with Crippen LogP contribution in [-0.2, 0) is 16.1 Å². The molecule has 3 rings (SSSR count). The predicted octanol–water partition coefficient (Wildman–Crippen LogP) is 1.12. The summed E-state index contributed by atoms with van der Waals surface area (Å²) in [6.07, 6.45) is 7.38. The highest BCUT2D eigenvalue weighted by Crippen LogP contribution is 2.29. The van der Waals surface area contributed by atoms with Crippen LogP contribution >= 0.6 is 0 Å².